The van der Waals surface area contributed by atoms with Gasteiger partial charge in [0, 0.05) is 25.1 Å². The van der Waals surface area contributed by atoms with Crippen LogP contribution in [-0.2, 0) is 4.79 Å². The highest BCUT2D eigenvalue weighted by atomic mass is 35.5. The lowest BCUT2D eigenvalue weighted by molar-refractivity contribution is -0.385. The van der Waals surface area contributed by atoms with E-state index < -0.39 is 22.9 Å². The molecule has 1 aromatic rings. The van der Waals surface area contributed by atoms with E-state index in [-0.39, 0.29) is 10.7 Å². The standard InChI is InChI=1S/C12H14ClFN4O3/c13-9-5-8(18(20)21)6-16-12(9)17-3-1-7(2-4-17)10(14)11(15)19/h5-7,10H,1-4H2,(H2,15,19)/t10-/m1/s1. The molecule has 0 saturated carbocycles. The van der Waals surface area contributed by atoms with Crippen LogP contribution >= 0.6 is 11.6 Å². The lowest BCUT2D eigenvalue weighted by Crippen LogP contribution is -2.41. The number of piperidine rings is 1. The van der Waals surface area contributed by atoms with Crippen LogP contribution in [0.5, 0.6) is 0 Å². The first-order valence-electron chi connectivity index (χ1n) is 6.38. The second-order valence-corrected chi connectivity index (χ2v) is 5.29. The average molecular weight is 317 g/mol. The normalized spacial score (nSPS) is 17.5. The van der Waals surface area contributed by atoms with Gasteiger partial charge in [-0.25, -0.2) is 9.37 Å². The van der Waals surface area contributed by atoms with Gasteiger partial charge in [0.1, 0.15) is 12.0 Å². The summed E-state index contributed by atoms with van der Waals surface area (Å²) in [6.07, 6.45) is 0.375. The molecule has 0 unspecified atom stereocenters. The van der Waals surface area contributed by atoms with E-state index in [0.717, 1.165) is 6.20 Å². The largest absolute Gasteiger partial charge is 0.367 e. The number of aromatic nitrogens is 1. The van der Waals surface area contributed by atoms with Crippen molar-refractivity contribution in [3.8, 4) is 0 Å². The van der Waals surface area contributed by atoms with Gasteiger partial charge in [-0.2, -0.15) is 0 Å². The maximum absolute atomic E-state index is 13.6. The van der Waals surface area contributed by atoms with E-state index in [4.69, 9.17) is 17.3 Å². The first-order chi connectivity index (χ1) is 9.90. The van der Waals surface area contributed by atoms with Crippen LogP contribution in [0.25, 0.3) is 0 Å². The molecule has 2 N–H and O–H groups in total. The highest BCUT2D eigenvalue weighted by Gasteiger charge is 2.31. The van der Waals surface area contributed by atoms with E-state index in [2.05, 4.69) is 4.98 Å². The minimum absolute atomic E-state index is 0.175. The van der Waals surface area contributed by atoms with E-state index in [9.17, 15) is 19.3 Å². The summed E-state index contributed by atoms with van der Waals surface area (Å²) in [6, 6.07) is 1.23. The number of nitrogens with two attached hydrogens (primary N) is 1. The van der Waals surface area contributed by atoms with E-state index in [1.54, 1.807) is 0 Å². The van der Waals surface area contributed by atoms with Crippen molar-refractivity contribution < 1.29 is 14.1 Å². The summed E-state index contributed by atoms with van der Waals surface area (Å²) in [7, 11) is 0. The summed E-state index contributed by atoms with van der Waals surface area (Å²) in [4.78, 5) is 26.7. The Balaban J connectivity index is 2.05. The Morgan fingerprint density at radius 1 is 1.57 bits per heavy atom. The number of primary amides is 1. The molecule has 1 aromatic heterocycles. The molecule has 1 fully saturated rings. The van der Waals surface area contributed by atoms with Crippen molar-refractivity contribution in [3.63, 3.8) is 0 Å². The maximum atomic E-state index is 13.6. The van der Waals surface area contributed by atoms with Crippen molar-refractivity contribution in [3.05, 3.63) is 27.4 Å². The summed E-state index contributed by atoms with van der Waals surface area (Å²) >= 11 is 6.00. The average Bonchev–Trinajstić information content (AvgIpc) is 2.46. The van der Waals surface area contributed by atoms with Gasteiger partial charge in [-0.3, -0.25) is 14.9 Å². The Hall–Kier alpha value is -1.96. The van der Waals surface area contributed by atoms with Gasteiger partial charge in [0.25, 0.3) is 11.6 Å². The van der Waals surface area contributed by atoms with Gasteiger partial charge < -0.3 is 10.6 Å². The number of carbonyl (C=O) groups is 1. The summed E-state index contributed by atoms with van der Waals surface area (Å²) in [5, 5.41) is 10.8. The predicted octanol–water partition coefficient (Wildman–Crippen LogP) is 1.68. The van der Waals surface area contributed by atoms with Crippen LogP contribution in [0, 0.1) is 16.0 Å². The van der Waals surface area contributed by atoms with Crippen molar-refractivity contribution in [1.29, 1.82) is 0 Å². The van der Waals surface area contributed by atoms with E-state index in [1.165, 1.54) is 6.07 Å². The molecule has 2 rings (SSSR count). The Labute approximate surface area is 125 Å². The van der Waals surface area contributed by atoms with Crippen molar-refractivity contribution >= 4 is 29.0 Å². The topological polar surface area (TPSA) is 102 Å². The van der Waals surface area contributed by atoms with Crippen molar-refractivity contribution in [2.24, 2.45) is 11.7 Å². The third kappa shape index (κ3) is 3.38. The molecule has 1 saturated heterocycles. The smallest absolute Gasteiger partial charge is 0.289 e. The highest BCUT2D eigenvalue weighted by Crippen LogP contribution is 2.31. The Morgan fingerprint density at radius 2 is 2.19 bits per heavy atom. The Bertz CT molecular complexity index is 563. The van der Waals surface area contributed by atoms with Gasteiger partial charge in [-0.05, 0) is 12.8 Å². The van der Waals surface area contributed by atoms with Crippen LogP contribution in [0.4, 0.5) is 15.9 Å². The van der Waals surface area contributed by atoms with Crippen LogP contribution in [-0.4, -0.2) is 35.1 Å². The molecule has 1 amide bonds. The minimum Gasteiger partial charge on any atom is -0.367 e. The number of nitrogens with zero attached hydrogens (tertiary/aromatic N) is 3. The molecule has 0 aromatic carbocycles. The number of halogens is 2. The Morgan fingerprint density at radius 3 is 2.67 bits per heavy atom. The summed E-state index contributed by atoms with van der Waals surface area (Å²) < 4.78 is 13.6. The number of hydrogen-bond acceptors (Lipinski definition) is 5. The lowest BCUT2D eigenvalue weighted by atomic mass is 9.92. The number of amides is 1. The van der Waals surface area contributed by atoms with Crippen LogP contribution in [0.15, 0.2) is 12.3 Å². The molecule has 21 heavy (non-hydrogen) atoms. The molecule has 7 nitrogen and oxygen atoms in total. The zero-order chi connectivity index (χ0) is 15.6. The third-order valence-electron chi connectivity index (χ3n) is 3.54. The SMILES string of the molecule is NC(=O)[C@H](F)C1CCN(c2ncc([N+](=O)[O-])cc2Cl)CC1. The molecule has 1 aliphatic rings. The molecule has 1 atom stereocenters. The third-order valence-corrected chi connectivity index (χ3v) is 3.82. The van der Waals surface area contributed by atoms with Gasteiger partial charge in [-0.15, -0.1) is 0 Å². The molecule has 0 bridgehead atoms. The molecule has 2 heterocycles. The molecule has 114 valence electrons. The molecule has 0 aliphatic carbocycles. The minimum atomic E-state index is -1.65. The number of carbonyl (C=O) groups excluding carboxylic acids is 1. The van der Waals surface area contributed by atoms with Crippen molar-refractivity contribution in [2.75, 3.05) is 18.0 Å². The van der Waals surface area contributed by atoms with Crippen LogP contribution in [0.1, 0.15) is 12.8 Å². The fourth-order valence-corrected chi connectivity index (χ4v) is 2.67. The quantitative estimate of drug-likeness (QED) is 0.672. The monoisotopic (exact) mass is 316 g/mol. The van der Waals surface area contributed by atoms with E-state index in [1.807, 2.05) is 4.90 Å². The van der Waals surface area contributed by atoms with Crippen LogP contribution < -0.4 is 10.6 Å². The molecular weight excluding hydrogens is 303 g/mol. The number of nitro groups is 1. The first kappa shape index (κ1) is 15.4. The van der Waals surface area contributed by atoms with Crippen molar-refractivity contribution in [2.45, 2.75) is 19.0 Å². The highest BCUT2D eigenvalue weighted by molar-refractivity contribution is 6.33. The number of pyridine rings is 1. The van der Waals surface area contributed by atoms with Crippen LogP contribution in [0.3, 0.4) is 0 Å². The van der Waals surface area contributed by atoms with Gasteiger partial charge in [0.2, 0.25) is 0 Å². The number of rotatable bonds is 4. The van der Waals surface area contributed by atoms with Gasteiger partial charge in [0.15, 0.2) is 6.17 Å². The lowest BCUT2D eigenvalue weighted by Gasteiger charge is -2.33. The fourth-order valence-electron chi connectivity index (χ4n) is 2.39. The van der Waals surface area contributed by atoms with Crippen LogP contribution in [0.2, 0.25) is 5.02 Å². The molecule has 9 heteroatoms. The van der Waals surface area contributed by atoms with Gasteiger partial charge >= 0.3 is 0 Å². The van der Waals surface area contributed by atoms with E-state index >= 15 is 0 Å². The Kier molecular flexibility index (Phi) is 4.56. The van der Waals surface area contributed by atoms with Gasteiger partial charge in [-0.1, -0.05) is 11.6 Å². The van der Waals surface area contributed by atoms with Crippen molar-refractivity contribution in [1.82, 2.24) is 4.98 Å². The molecule has 0 spiro atoms. The van der Waals surface area contributed by atoms with Gasteiger partial charge in [0.05, 0.1) is 9.95 Å². The van der Waals surface area contributed by atoms with E-state index in [0.29, 0.717) is 31.7 Å². The summed E-state index contributed by atoms with van der Waals surface area (Å²) in [6.45, 7) is 0.922. The first-order valence-corrected chi connectivity index (χ1v) is 6.76. The number of hydrogen-bond donors (Lipinski definition) is 1. The second kappa shape index (κ2) is 6.21. The molecular formula is C12H14ClFN4O3. The second-order valence-electron chi connectivity index (χ2n) is 4.88. The predicted molar refractivity (Wildman–Crippen MR) is 74.9 cm³/mol. The molecule has 1 aliphatic heterocycles. The zero-order valence-corrected chi connectivity index (χ0v) is 11.8. The number of anilines is 1. The maximum Gasteiger partial charge on any atom is 0.289 e. The summed E-state index contributed by atoms with van der Waals surface area (Å²) in [5.74, 6) is -0.925. The molecule has 0 radical (unpaired) electrons. The fraction of sp³-hybridized carbons (Fsp3) is 0.500. The summed E-state index contributed by atoms with van der Waals surface area (Å²) in [5.41, 5.74) is 4.77. The zero-order valence-electron chi connectivity index (χ0n) is 11.0. The number of alkyl halides is 1.